The van der Waals surface area contributed by atoms with Gasteiger partial charge in [-0.2, -0.15) is 0 Å². The first-order chi connectivity index (χ1) is 8.28. The number of nitrogens with one attached hydrogen (secondary N) is 1. The first kappa shape index (κ1) is 13.1. The molecule has 0 saturated heterocycles. The third-order valence-corrected chi connectivity index (χ3v) is 5.19. The summed E-state index contributed by atoms with van der Waals surface area (Å²) in [5.74, 6) is 0. The summed E-state index contributed by atoms with van der Waals surface area (Å²) in [4.78, 5) is 3.14. The van der Waals surface area contributed by atoms with E-state index < -0.39 is 0 Å². The Kier molecular flexibility index (Phi) is 4.63. The molecule has 0 atom stereocenters. The smallest absolute Gasteiger partial charge is 0.00541 e. The van der Waals surface area contributed by atoms with Crippen LogP contribution in [0.4, 0.5) is 0 Å². The lowest BCUT2D eigenvalue weighted by atomic mass is 9.66. The fraction of sp³-hybridized carbons (Fsp3) is 0.733. The molecule has 1 heterocycles. The molecule has 2 heteroatoms. The van der Waals surface area contributed by atoms with E-state index in [2.05, 4.69) is 31.3 Å². The maximum Gasteiger partial charge on any atom is 0.00541 e. The second-order valence-corrected chi connectivity index (χ2v) is 6.68. The molecule has 96 valence electrons. The third-order valence-electron chi connectivity index (χ3n) is 3.96. The van der Waals surface area contributed by atoms with Gasteiger partial charge in [-0.1, -0.05) is 20.3 Å². The minimum Gasteiger partial charge on any atom is -0.316 e. The van der Waals surface area contributed by atoms with E-state index in [4.69, 9.17) is 0 Å². The van der Waals surface area contributed by atoms with E-state index in [-0.39, 0.29) is 0 Å². The highest BCUT2D eigenvalue weighted by molar-refractivity contribution is 7.11. The quantitative estimate of drug-likeness (QED) is 0.722. The van der Waals surface area contributed by atoms with Crippen molar-refractivity contribution in [1.29, 1.82) is 0 Å². The molecule has 1 fully saturated rings. The predicted molar refractivity (Wildman–Crippen MR) is 76.8 cm³/mol. The second kappa shape index (κ2) is 6.01. The van der Waals surface area contributed by atoms with Gasteiger partial charge in [0, 0.05) is 16.3 Å². The second-order valence-electron chi connectivity index (χ2n) is 5.43. The van der Waals surface area contributed by atoms with Crippen LogP contribution in [0.25, 0.3) is 0 Å². The van der Waals surface area contributed by atoms with Crippen LogP contribution in [-0.2, 0) is 12.8 Å². The fourth-order valence-corrected chi connectivity index (χ4v) is 3.83. The van der Waals surface area contributed by atoms with Gasteiger partial charge in [0.05, 0.1) is 0 Å². The van der Waals surface area contributed by atoms with Crippen molar-refractivity contribution in [1.82, 2.24) is 5.32 Å². The Balaban J connectivity index is 1.89. The van der Waals surface area contributed by atoms with Crippen LogP contribution in [0, 0.1) is 5.41 Å². The summed E-state index contributed by atoms with van der Waals surface area (Å²) in [6.45, 7) is 6.89. The number of rotatable bonds is 7. The van der Waals surface area contributed by atoms with Crippen LogP contribution in [0.15, 0.2) is 12.1 Å². The Labute approximate surface area is 110 Å². The van der Waals surface area contributed by atoms with Crippen molar-refractivity contribution in [3.8, 4) is 0 Å². The molecule has 0 amide bonds. The minimum atomic E-state index is 0.588. The van der Waals surface area contributed by atoms with Crippen LogP contribution in [0.5, 0.6) is 0 Å². The first-order valence-corrected chi connectivity index (χ1v) is 7.88. The Hall–Kier alpha value is -0.340. The molecule has 1 aliphatic carbocycles. The van der Waals surface area contributed by atoms with Gasteiger partial charge in [-0.15, -0.1) is 11.3 Å². The van der Waals surface area contributed by atoms with E-state index in [1.165, 1.54) is 56.5 Å². The lowest BCUT2D eigenvalue weighted by molar-refractivity contribution is 0.131. The summed E-state index contributed by atoms with van der Waals surface area (Å²) in [6.07, 6.45) is 8.00. The van der Waals surface area contributed by atoms with E-state index >= 15 is 0 Å². The van der Waals surface area contributed by atoms with Gasteiger partial charge in [0.2, 0.25) is 0 Å². The van der Waals surface area contributed by atoms with Crippen LogP contribution < -0.4 is 5.32 Å². The van der Waals surface area contributed by atoms with Gasteiger partial charge in [-0.3, -0.25) is 0 Å². The maximum absolute atomic E-state index is 3.62. The Morgan fingerprint density at radius 2 is 2.00 bits per heavy atom. The van der Waals surface area contributed by atoms with Gasteiger partial charge in [-0.25, -0.2) is 0 Å². The molecular formula is C15H25NS. The molecule has 1 aromatic rings. The summed E-state index contributed by atoms with van der Waals surface area (Å²) >= 11 is 2.02. The molecule has 0 aliphatic heterocycles. The monoisotopic (exact) mass is 251 g/mol. The van der Waals surface area contributed by atoms with E-state index in [0.717, 1.165) is 0 Å². The molecule has 0 radical (unpaired) electrons. The highest BCUT2D eigenvalue weighted by Gasteiger charge is 2.36. The standard InChI is InChI=1S/C15H25NS/c1-3-10-16-12-15(8-5-9-15)11-14-7-6-13(4-2)17-14/h6-7,16H,3-5,8-12H2,1-2H3. The number of thiophene rings is 1. The summed E-state index contributed by atoms with van der Waals surface area (Å²) in [5.41, 5.74) is 0.588. The highest BCUT2D eigenvalue weighted by Crippen LogP contribution is 2.44. The molecule has 0 unspecified atom stereocenters. The Morgan fingerprint density at radius 1 is 1.24 bits per heavy atom. The van der Waals surface area contributed by atoms with Gasteiger partial charge in [0.15, 0.2) is 0 Å². The van der Waals surface area contributed by atoms with Crippen molar-refractivity contribution in [3.05, 3.63) is 21.9 Å². The summed E-state index contributed by atoms with van der Waals surface area (Å²) < 4.78 is 0. The van der Waals surface area contributed by atoms with Gasteiger partial charge in [0.25, 0.3) is 0 Å². The maximum atomic E-state index is 3.62. The molecule has 0 bridgehead atoms. The van der Waals surface area contributed by atoms with Crippen molar-refractivity contribution in [3.63, 3.8) is 0 Å². The molecule has 0 aromatic carbocycles. The molecule has 1 N–H and O–H groups in total. The summed E-state index contributed by atoms with van der Waals surface area (Å²) in [5, 5.41) is 3.62. The molecule has 17 heavy (non-hydrogen) atoms. The van der Waals surface area contributed by atoms with Crippen molar-refractivity contribution in [2.75, 3.05) is 13.1 Å². The van der Waals surface area contributed by atoms with Crippen molar-refractivity contribution in [2.45, 2.75) is 52.4 Å². The van der Waals surface area contributed by atoms with E-state index in [9.17, 15) is 0 Å². The minimum absolute atomic E-state index is 0.588. The van der Waals surface area contributed by atoms with Crippen LogP contribution in [0.3, 0.4) is 0 Å². The van der Waals surface area contributed by atoms with Gasteiger partial charge in [-0.05, 0) is 56.2 Å². The lowest BCUT2D eigenvalue weighted by Crippen LogP contribution is -2.41. The fourth-order valence-electron chi connectivity index (χ4n) is 2.70. The van der Waals surface area contributed by atoms with E-state index in [0.29, 0.717) is 5.41 Å². The van der Waals surface area contributed by atoms with Gasteiger partial charge < -0.3 is 5.32 Å². The Morgan fingerprint density at radius 3 is 2.53 bits per heavy atom. The zero-order chi connectivity index (χ0) is 12.1. The SMILES string of the molecule is CCCNCC1(Cc2ccc(CC)s2)CCC1. The predicted octanol–water partition coefficient (Wildman–Crippen LogP) is 4.02. The third kappa shape index (κ3) is 3.32. The van der Waals surface area contributed by atoms with E-state index in [1.807, 2.05) is 11.3 Å². The molecule has 0 spiro atoms. The molecule has 1 saturated carbocycles. The molecular weight excluding hydrogens is 226 g/mol. The molecule has 1 nitrogen and oxygen atoms in total. The number of hydrogen-bond acceptors (Lipinski definition) is 2. The van der Waals surface area contributed by atoms with Crippen LogP contribution in [0.2, 0.25) is 0 Å². The zero-order valence-electron chi connectivity index (χ0n) is 11.2. The largest absolute Gasteiger partial charge is 0.316 e. The van der Waals surface area contributed by atoms with Crippen molar-refractivity contribution >= 4 is 11.3 Å². The first-order valence-electron chi connectivity index (χ1n) is 7.06. The topological polar surface area (TPSA) is 12.0 Å². The molecule has 1 aliphatic rings. The number of aryl methyl sites for hydroxylation is 1. The average Bonchev–Trinajstić information content (AvgIpc) is 2.73. The summed E-state index contributed by atoms with van der Waals surface area (Å²) in [7, 11) is 0. The van der Waals surface area contributed by atoms with Crippen molar-refractivity contribution in [2.24, 2.45) is 5.41 Å². The normalized spacial score (nSPS) is 18.0. The molecule has 2 rings (SSSR count). The Bertz CT molecular complexity index is 338. The lowest BCUT2D eigenvalue weighted by Gasteiger charge is -2.42. The van der Waals surface area contributed by atoms with Crippen LogP contribution in [-0.4, -0.2) is 13.1 Å². The van der Waals surface area contributed by atoms with Gasteiger partial charge >= 0.3 is 0 Å². The number of hydrogen-bond donors (Lipinski definition) is 1. The van der Waals surface area contributed by atoms with Gasteiger partial charge in [0.1, 0.15) is 0 Å². The molecule has 1 aromatic heterocycles. The zero-order valence-corrected chi connectivity index (χ0v) is 12.0. The average molecular weight is 251 g/mol. The highest BCUT2D eigenvalue weighted by atomic mass is 32.1. The van der Waals surface area contributed by atoms with Crippen molar-refractivity contribution < 1.29 is 0 Å². The van der Waals surface area contributed by atoms with Crippen LogP contribution in [0.1, 0.15) is 49.3 Å². The summed E-state index contributed by atoms with van der Waals surface area (Å²) in [6, 6.07) is 4.66. The van der Waals surface area contributed by atoms with E-state index in [1.54, 1.807) is 4.88 Å². The van der Waals surface area contributed by atoms with Crippen LogP contribution >= 0.6 is 11.3 Å².